The van der Waals surface area contributed by atoms with Crippen LogP contribution in [0.25, 0.3) is 0 Å². The van der Waals surface area contributed by atoms with Crippen LogP contribution in [-0.2, 0) is 6.54 Å². The third-order valence-corrected chi connectivity index (χ3v) is 6.30. The van der Waals surface area contributed by atoms with E-state index in [-0.39, 0.29) is 17.7 Å². The summed E-state index contributed by atoms with van der Waals surface area (Å²) in [7, 11) is 0. The Bertz CT molecular complexity index is 820. The molecule has 2 aromatic rings. The average Bonchev–Trinajstić information content (AvgIpc) is 3.24. The largest absolute Gasteiger partial charge is 0.391 e. The van der Waals surface area contributed by atoms with Crippen molar-refractivity contribution >= 4 is 17.0 Å². The molecule has 4 rings (SSSR count). The lowest BCUT2D eigenvalue weighted by Crippen LogP contribution is -2.40. The Labute approximate surface area is 156 Å². The molecule has 2 saturated heterocycles. The standard InChI is InChI=1S/C18H25N5O2S/c1-13-17(26-12-19-13)11-21-5-2-3-14(9-21)23-18(25)7-15(8-20-23)22-6-4-16(24)10-22/h7-8,12,14,16,24H,2-6,9-11H2,1H3/t14?,16-/m0/s1. The maximum Gasteiger partial charge on any atom is 0.269 e. The van der Waals surface area contributed by atoms with Crippen LogP contribution in [0.15, 0.2) is 22.6 Å². The second-order valence-electron chi connectivity index (χ2n) is 7.28. The molecular weight excluding hydrogens is 350 g/mol. The molecule has 2 fully saturated rings. The molecule has 7 nitrogen and oxygen atoms in total. The van der Waals surface area contributed by atoms with Crippen LogP contribution < -0.4 is 10.5 Å². The van der Waals surface area contributed by atoms with Gasteiger partial charge in [0.05, 0.1) is 35.2 Å². The predicted molar refractivity (Wildman–Crippen MR) is 102 cm³/mol. The zero-order valence-corrected chi connectivity index (χ0v) is 15.9. The van der Waals surface area contributed by atoms with Gasteiger partial charge < -0.3 is 10.0 Å². The monoisotopic (exact) mass is 375 g/mol. The summed E-state index contributed by atoms with van der Waals surface area (Å²) in [6.45, 7) is 6.19. The highest BCUT2D eigenvalue weighted by molar-refractivity contribution is 7.09. The molecule has 1 N–H and O–H groups in total. The molecule has 0 saturated carbocycles. The van der Waals surface area contributed by atoms with Crippen molar-refractivity contribution in [2.24, 2.45) is 0 Å². The van der Waals surface area contributed by atoms with Crippen molar-refractivity contribution in [3.05, 3.63) is 38.7 Å². The summed E-state index contributed by atoms with van der Waals surface area (Å²) in [6, 6.07) is 1.78. The maximum atomic E-state index is 12.6. The fourth-order valence-corrected chi connectivity index (χ4v) is 4.71. The number of likely N-dealkylation sites (tertiary alicyclic amines) is 1. The van der Waals surface area contributed by atoms with Gasteiger partial charge in [-0.2, -0.15) is 5.10 Å². The minimum absolute atomic E-state index is 0.0512. The van der Waals surface area contributed by atoms with Gasteiger partial charge in [0.15, 0.2) is 0 Å². The van der Waals surface area contributed by atoms with E-state index in [9.17, 15) is 9.90 Å². The van der Waals surface area contributed by atoms with Gasteiger partial charge in [0.2, 0.25) is 0 Å². The highest BCUT2D eigenvalue weighted by Crippen LogP contribution is 2.24. The number of aromatic nitrogens is 3. The molecule has 0 bridgehead atoms. The zero-order chi connectivity index (χ0) is 18.1. The van der Waals surface area contributed by atoms with E-state index in [2.05, 4.69) is 15.0 Å². The van der Waals surface area contributed by atoms with Crippen LogP contribution in [0.5, 0.6) is 0 Å². The minimum atomic E-state index is -0.306. The normalized spacial score (nSPS) is 24.3. The van der Waals surface area contributed by atoms with Gasteiger partial charge in [-0.25, -0.2) is 9.67 Å². The van der Waals surface area contributed by atoms with Crippen LogP contribution >= 0.6 is 11.3 Å². The summed E-state index contributed by atoms with van der Waals surface area (Å²) >= 11 is 1.70. The Morgan fingerprint density at radius 2 is 2.19 bits per heavy atom. The highest BCUT2D eigenvalue weighted by atomic mass is 32.1. The Kier molecular flexibility index (Phi) is 5.06. The number of hydrogen-bond donors (Lipinski definition) is 1. The molecule has 0 amide bonds. The van der Waals surface area contributed by atoms with E-state index in [1.807, 2.05) is 17.3 Å². The molecule has 0 aromatic carbocycles. The third kappa shape index (κ3) is 3.67. The van der Waals surface area contributed by atoms with Gasteiger partial charge in [0, 0.05) is 37.1 Å². The van der Waals surface area contributed by atoms with E-state index in [0.29, 0.717) is 6.54 Å². The molecule has 0 spiro atoms. The maximum absolute atomic E-state index is 12.6. The quantitative estimate of drug-likeness (QED) is 0.871. The van der Waals surface area contributed by atoms with Crippen LogP contribution in [0.4, 0.5) is 5.69 Å². The Morgan fingerprint density at radius 3 is 2.88 bits per heavy atom. The number of nitrogens with zero attached hydrogens (tertiary/aromatic N) is 5. The average molecular weight is 375 g/mol. The van der Waals surface area contributed by atoms with E-state index >= 15 is 0 Å². The summed E-state index contributed by atoms with van der Waals surface area (Å²) in [5.74, 6) is 0. The number of piperidine rings is 1. The molecule has 2 aliphatic rings. The van der Waals surface area contributed by atoms with Crippen molar-refractivity contribution in [2.75, 3.05) is 31.1 Å². The molecule has 140 valence electrons. The van der Waals surface area contributed by atoms with Gasteiger partial charge in [-0.05, 0) is 32.7 Å². The molecular formula is C18H25N5O2S. The molecule has 1 unspecified atom stereocenters. The Balaban J connectivity index is 1.46. The number of aliphatic hydroxyl groups excluding tert-OH is 1. The Hall–Kier alpha value is -1.77. The predicted octanol–water partition coefficient (Wildman–Crippen LogP) is 1.42. The van der Waals surface area contributed by atoms with Crippen LogP contribution in [0.3, 0.4) is 0 Å². The Morgan fingerprint density at radius 1 is 1.31 bits per heavy atom. The van der Waals surface area contributed by atoms with E-state index in [1.54, 1.807) is 28.3 Å². The number of hydrogen-bond acceptors (Lipinski definition) is 7. The second-order valence-corrected chi connectivity index (χ2v) is 8.22. The SMILES string of the molecule is Cc1ncsc1CN1CCCC(n2ncc(N3CC[C@H](O)C3)cc2=O)C1. The molecule has 4 heterocycles. The van der Waals surface area contributed by atoms with Crippen molar-refractivity contribution in [1.82, 2.24) is 19.7 Å². The fraction of sp³-hybridized carbons (Fsp3) is 0.611. The molecule has 2 atom stereocenters. The van der Waals surface area contributed by atoms with E-state index in [4.69, 9.17) is 0 Å². The van der Waals surface area contributed by atoms with Crippen LogP contribution in [0.2, 0.25) is 0 Å². The van der Waals surface area contributed by atoms with Gasteiger partial charge >= 0.3 is 0 Å². The van der Waals surface area contributed by atoms with Crippen molar-refractivity contribution in [2.45, 2.75) is 44.9 Å². The first-order chi connectivity index (χ1) is 12.6. The summed E-state index contributed by atoms with van der Waals surface area (Å²) in [4.78, 5) is 22.7. The van der Waals surface area contributed by atoms with Gasteiger partial charge in [-0.15, -0.1) is 11.3 Å². The molecule has 26 heavy (non-hydrogen) atoms. The van der Waals surface area contributed by atoms with Crippen molar-refractivity contribution < 1.29 is 5.11 Å². The van der Waals surface area contributed by atoms with E-state index in [0.717, 1.165) is 56.8 Å². The number of aryl methyl sites for hydroxylation is 1. The molecule has 0 radical (unpaired) electrons. The first kappa shape index (κ1) is 17.6. The minimum Gasteiger partial charge on any atom is -0.391 e. The highest BCUT2D eigenvalue weighted by Gasteiger charge is 2.25. The first-order valence-electron chi connectivity index (χ1n) is 9.23. The lowest BCUT2D eigenvalue weighted by atomic mass is 10.1. The zero-order valence-electron chi connectivity index (χ0n) is 15.0. The molecule has 0 aliphatic carbocycles. The van der Waals surface area contributed by atoms with Crippen molar-refractivity contribution in [1.29, 1.82) is 0 Å². The van der Waals surface area contributed by atoms with E-state index < -0.39 is 0 Å². The molecule has 2 aliphatic heterocycles. The second kappa shape index (κ2) is 7.46. The molecule has 8 heteroatoms. The molecule has 2 aromatic heterocycles. The smallest absolute Gasteiger partial charge is 0.269 e. The van der Waals surface area contributed by atoms with Crippen molar-refractivity contribution in [3.8, 4) is 0 Å². The summed E-state index contributed by atoms with van der Waals surface area (Å²) in [6.07, 6.45) is 4.26. The van der Waals surface area contributed by atoms with Gasteiger partial charge in [-0.1, -0.05) is 0 Å². The number of anilines is 1. The first-order valence-corrected chi connectivity index (χ1v) is 10.1. The van der Waals surface area contributed by atoms with Gasteiger partial charge in [-0.3, -0.25) is 9.69 Å². The summed E-state index contributed by atoms with van der Waals surface area (Å²) in [5, 5.41) is 14.2. The lowest BCUT2D eigenvalue weighted by molar-refractivity contribution is 0.161. The lowest BCUT2D eigenvalue weighted by Gasteiger charge is -2.32. The summed E-state index contributed by atoms with van der Waals surface area (Å²) in [5.41, 5.74) is 3.76. The summed E-state index contributed by atoms with van der Waals surface area (Å²) < 4.78 is 1.64. The third-order valence-electron chi connectivity index (χ3n) is 5.38. The topological polar surface area (TPSA) is 74.5 Å². The van der Waals surface area contributed by atoms with Gasteiger partial charge in [0.25, 0.3) is 5.56 Å². The van der Waals surface area contributed by atoms with Crippen LogP contribution in [0.1, 0.15) is 35.9 Å². The van der Waals surface area contributed by atoms with Crippen molar-refractivity contribution in [3.63, 3.8) is 0 Å². The number of β-amino-alcohol motifs (C(OH)–C–C–N with tert-alkyl or cyclic N) is 1. The van der Waals surface area contributed by atoms with Crippen LogP contribution in [-0.4, -0.2) is 57.1 Å². The number of aliphatic hydroxyl groups is 1. The number of thiazole rings is 1. The van der Waals surface area contributed by atoms with E-state index in [1.165, 1.54) is 4.88 Å². The van der Waals surface area contributed by atoms with Crippen LogP contribution in [0, 0.1) is 6.92 Å². The fourth-order valence-electron chi connectivity index (χ4n) is 3.89. The van der Waals surface area contributed by atoms with Gasteiger partial charge in [0.1, 0.15) is 0 Å². The number of rotatable bonds is 4.